The van der Waals surface area contributed by atoms with Crippen molar-refractivity contribution in [2.75, 3.05) is 0 Å². The fourth-order valence-corrected chi connectivity index (χ4v) is 14.2. The van der Waals surface area contributed by atoms with Crippen LogP contribution in [0, 0.1) is 70.0 Å². The lowest BCUT2D eigenvalue weighted by molar-refractivity contribution is -0.241. The molecule has 6 saturated carbocycles. The summed E-state index contributed by atoms with van der Waals surface area (Å²) in [6, 6.07) is 0. The SMILES string of the molecule is C[C@]12[C@H]3[C@@H]4[C@@H]5[C@H]6[C@H]7[C@@H](CC[C@@H]7O[C@H](N7C(=O)CCC7=O)[C@@]6(C)[C@@H]4[C@@H]4CC[C@H](O[C@@H]1N1C(=O)CCC1=O)[C@@H]43)[C@H]52. The minimum atomic E-state index is -0.451. The van der Waals surface area contributed by atoms with E-state index >= 15 is 0 Å². The third-order valence-electron chi connectivity index (χ3n) is 14.5. The lowest BCUT2D eigenvalue weighted by Gasteiger charge is -2.55. The van der Waals surface area contributed by atoms with Crippen LogP contribution < -0.4 is 0 Å². The van der Waals surface area contributed by atoms with Gasteiger partial charge in [-0.1, -0.05) is 13.8 Å². The molecule has 202 valence electrons. The molecule has 4 saturated heterocycles. The Balaban J connectivity index is 1.19. The van der Waals surface area contributed by atoms with Crippen molar-refractivity contribution in [3.05, 3.63) is 0 Å². The molecule has 8 nitrogen and oxygen atoms in total. The van der Waals surface area contributed by atoms with Gasteiger partial charge in [-0.2, -0.15) is 0 Å². The van der Waals surface area contributed by atoms with E-state index in [0.717, 1.165) is 25.7 Å². The first kappa shape index (κ1) is 22.0. The van der Waals surface area contributed by atoms with E-state index in [1.165, 1.54) is 0 Å². The second kappa shape index (κ2) is 6.40. The van der Waals surface area contributed by atoms with Gasteiger partial charge in [0.1, 0.15) is 12.5 Å². The molecule has 0 aromatic heterocycles. The lowest BCUT2D eigenvalue weighted by Crippen LogP contribution is -2.62. The fraction of sp³-hybridized carbons (Fsp3) is 0.867. The van der Waals surface area contributed by atoms with Crippen LogP contribution in [0.3, 0.4) is 0 Å². The summed E-state index contributed by atoms with van der Waals surface area (Å²) in [5.74, 6) is 4.27. The Hall–Kier alpha value is -1.80. The second-order valence-corrected chi connectivity index (χ2v) is 15.0. The molecule has 4 heterocycles. The zero-order valence-electron chi connectivity index (χ0n) is 22.1. The number of nitrogens with zero attached hydrogens (tertiary/aromatic N) is 2. The molecule has 8 heteroatoms. The summed E-state index contributed by atoms with van der Waals surface area (Å²) in [5, 5.41) is 0. The largest absolute Gasteiger partial charge is 0.354 e. The summed E-state index contributed by atoms with van der Waals surface area (Å²) >= 11 is 0. The summed E-state index contributed by atoms with van der Waals surface area (Å²) in [5.41, 5.74) is -0.479. The monoisotopic (exact) mass is 520 g/mol. The van der Waals surface area contributed by atoms with E-state index in [2.05, 4.69) is 13.8 Å². The van der Waals surface area contributed by atoms with Crippen LogP contribution in [0.2, 0.25) is 0 Å². The molecule has 10 fully saturated rings. The summed E-state index contributed by atoms with van der Waals surface area (Å²) in [6.45, 7) is 4.79. The van der Waals surface area contributed by atoms with Crippen molar-refractivity contribution in [2.24, 2.45) is 70.0 Å². The Morgan fingerprint density at radius 2 is 0.921 bits per heavy atom. The Labute approximate surface area is 222 Å². The average molecular weight is 521 g/mol. The number of likely N-dealkylation sites (tertiary alicyclic amines) is 2. The molecule has 4 aliphatic heterocycles. The number of rotatable bonds is 2. The first-order valence-electron chi connectivity index (χ1n) is 15.3. The van der Waals surface area contributed by atoms with Gasteiger partial charge in [0, 0.05) is 36.5 Å². The maximum atomic E-state index is 13.1. The first-order valence-corrected chi connectivity index (χ1v) is 15.3. The van der Waals surface area contributed by atoms with E-state index in [4.69, 9.17) is 9.47 Å². The number of fused-ring (bicyclic) bond motifs is 4. The van der Waals surface area contributed by atoms with Gasteiger partial charge in [-0.05, 0) is 84.9 Å². The molecule has 0 radical (unpaired) electrons. The molecule has 16 atom stereocenters. The van der Waals surface area contributed by atoms with Gasteiger partial charge >= 0.3 is 0 Å². The maximum Gasteiger partial charge on any atom is 0.231 e. The van der Waals surface area contributed by atoms with E-state index in [-0.39, 0.29) is 46.7 Å². The van der Waals surface area contributed by atoms with Crippen LogP contribution >= 0.6 is 0 Å². The zero-order valence-corrected chi connectivity index (χ0v) is 22.1. The fourth-order valence-electron chi connectivity index (χ4n) is 14.2. The van der Waals surface area contributed by atoms with Crippen molar-refractivity contribution >= 4 is 23.6 Å². The van der Waals surface area contributed by atoms with E-state index in [1.807, 2.05) is 0 Å². The van der Waals surface area contributed by atoms with Crippen LogP contribution in [-0.2, 0) is 28.7 Å². The normalized spacial score (nSPS) is 62.3. The third-order valence-corrected chi connectivity index (χ3v) is 14.5. The van der Waals surface area contributed by atoms with Crippen molar-refractivity contribution in [2.45, 2.75) is 89.9 Å². The van der Waals surface area contributed by atoms with Crippen LogP contribution in [0.15, 0.2) is 0 Å². The maximum absolute atomic E-state index is 13.1. The van der Waals surface area contributed by atoms with Crippen molar-refractivity contribution < 1.29 is 28.7 Å². The molecule has 0 aromatic rings. The molecular weight excluding hydrogens is 484 g/mol. The number of carbonyl (C=O) groups excluding carboxylic acids is 4. The number of imide groups is 2. The quantitative estimate of drug-likeness (QED) is 0.520. The lowest BCUT2D eigenvalue weighted by atomic mass is 9.60. The van der Waals surface area contributed by atoms with Crippen LogP contribution in [0.1, 0.15) is 65.2 Å². The molecular formula is C30H36N2O6. The molecule has 10 rings (SSSR count). The molecule has 6 aliphatic carbocycles. The summed E-state index contributed by atoms with van der Waals surface area (Å²) in [7, 11) is 0. The Kier molecular flexibility index (Phi) is 3.70. The minimum Gasteiger partial charge on any atom is -0.354 e. The van der Waals surface area contributed by atoms with Gasteiger partial charge in [-0.3, -0.25) is 29.0 Å². The first-order chi connectivity index (χ1) is 18.3. The van der Waals surface area contributed by atoms with Crippen LogP contribution in [0.4, 0.5) is 0 Å². The highest BCUT2D eigenvalue weighted by Gasteiger charge is 2.88. The highest BCUT2D eigenvalue weighted by molar-refractivity contribution is 6.02. The Morgan fingerprint density at radius 1 is 0.553 bits per heavy atom. The van der Waals surface area contributed by atoms with E-state index < -0.39 is 12.5 Å². The molecule has 0 unspecified atom stereocenters. The van der Waals surface area contributed by atoms with Gasteiger partial charge in [0.2, 0.25) is 23.6 Å². The van der Waals surface area contributed by atoms with Gasteiger partial charge in [-0.15, -0.1) is 0 Å². The highest BCUT2D eigenvalue weighted by atomic mass is 16.5. The smallest absolute Gasteiger partial charge is 0.231 e. The van der Waals surface area contributed by atoms with Gasteiger partial charge in [0.25, 0.3) is 0 Å². The number of hydrogen-bond donors (Lipinski definition) is 0. The third kappa shape index (κ3) is 1.97. The summed E-state index contributed by atoms with van der Waals surface area (Å²) in [4.78, 5) is 55.7. The van der Waals surface area contributed by atoms with Gasteiger partial charge < -0.3 is 9.47 Å². The highest BCUT2D eigenvalue weighted by Crippen LogP contribution is 2.88. The number of hydrogen-bond acceptors (Lipinski definition) is 6. The van der Waals surface area contributed by atoms with Crippen molar-refractivity contribution in [3.8, 4) is 0 Å². The number of amides is 4. The van der Waals surface area contributed by atoms with Crippen LogP contribution in [0.25, 0.3) is 0 Å². The van der Waals surface area contributed by atoms with E-state index in [0.29, 0.717) is 84.9 Å². The van der Waals surface area contributed by atoms with Crippen molar-refractivity contribution in [3.63, 3.8) is 0 Å². The molecule has 4 amide bonds. The van der Waals surface area contributed by atoms with Crippen LogP contribution in [0.5, 0.6) is 0 Å². The molecule has 0 spiro atoms. The minimum absolute atomic E-state index is 0.0557. The number of carbonyl (C=O) groups is 4. The van der Waals surface area contributed by atoms with Gasteiger partial charge in [0.05, 0.1) is 12.2 Å². The molecule has 0 aromatic carbocycles. The van der Waals surface area contributed by atoms with Crippen molar-refractivity contribution in [1.29, 1.82) is 0 Å². The standard InChI is InChI=1S/C30H36N2O6/c1-29-23-11-3-5-14-20(11)26-21(23)22-24(30(26,2)28(38-14)32-17(35)9-10-18(32)36)12-4-6-13(19(12)25(22)29)37-27(29)31-15(33)7-8-16(31)34/h11-14,19-28H,3-10H2,1-2H3/t11-,12-,13+,14+,19-,20+,21+,22-,23-,24-,25-,26-,27+,28+,29+,30+/m1/s1. The predicted molar refractivity (Wildman–Crippen MR) is 129 cm³/mol. The van der Waals surface area contributed by atoms with E-state index in [1.54, 1.807) is 9.80 Å². The van der Waals surface area contributed by atoms with E-state index in [9.17, 15) is 19.2 Å². The van der Waals surface area contributed by atoms with Gasteiger partial charge in [-0.25, -0.2) is 0 Å². The predicted octanol–water partition coefficient (Wildman–Crippen LogP) is 2.55. The second-order valence-electron chi connectivity index (χ2n) is 15.0. The Morgan fingerprint density at radius 3 is 1.29 bits per heavy atom. The number of ether oxygens (including phenoxy) is 2. The van der Waals surface area contributed by atoms with Crippen LogP contribution in [-0.4, -0.2) is 58.1 Å². The summed E-state index contributed by atoms with van der Waals surface area (Å²) in [6.07, 6.45) is 4.59. The molecule has 0 bridgehead atoms. The average Bonchev–Trinajstić information content (AvgIpc) is 3.70. The van der Waals surface area contributed by atoms with Crippen molar-refractivity contribution in [1.82, 2.24) is 9.80 Å². The zero-order chi connectivity index (χ0) is 25.6. The molecule has 0 N–H and O–H groups in total. The van der Waals surface area contributed by atoms with Gasteiger partial charge in [0.15, 0.2) is 0 Å². The summed E-state index contributed by atoms with van der Waals surface area (Å²) < 4.78 is 14.0. The topological polar surface area (TPSA) is 93.2 Å². The Bertz CT molecular complexity index is 1120. The molecule has 38 heavy (non-hydrogen) atoms. The molecule has 10 aliphatic rings.